The highest BCUT2D eigenvalue weighted by Crippen LogP contribution is 2.15. The molecule has 0 atom stereocenters. The second-order valence-corrected chi connectivity index (χ2v) is 9.16. The molecule has 0 aliphatic carbocycles. The number of sulfonamides is 1. The van der Waals surface area contributed by atoms with Gasteiger partial charge in [-0.2, -0.15) is 5.10 Å². The van der Waals surface area contributed by atoms with Gasteiger partial charge in [-0.1, -0.05) is 24.3 Å². The number of aromatic nitrogens is 2. The van der Waals surface area contributed by atoms with Crippen LogP contribution in [0, 0.1) is 0 Å². The molecule has 152 valence electrons. The zero-order valence-electron chi connectivity index (χ0n) is 15.7. The molecule has 1 amide bonds. The lowest BCUT2D eigenvalue weighted by Crippen LogP contribution is -2.23. The number of anilines is 1. The van der Waals surface area contributed by atoms with E-state index in [0.29, 0.717) is 11.4 Å². The number of benzene rings is 2. The maximum atomic E-state index is 12.5. The van der Waals surface area contributed by atoms with Crippen LogP contribution in [-0.2, 0) is 16.6 Å². The molecule has 2 N–H and O–H groups in total. The molecular formula is C21H18N4O3S2. The molecular weight excluding hydrogens is 420 g/mol. The Morgan fingerprint density at radius 2 is 1.73 bits per heavy atom. The van der Waals surface area contributed by atoms with Gasteiger partial charge in [0.15, 0.2) is 5.82 Å². The molecule has 0 saturated carbocycles. The first kappa shape index (κ1) is 20.0. The van der Waals surface area contributed by atoms with Crippen molar-refractivity contribution < 1.29 is 13.2 Å². The van der Waals surface area contributed by atoms with E-state index in [1.54, 1.807) is 16.9 Å². The highest BCUT2D eigenvalue weighted by molar-refractivity contribution is 7.89. The van der Waals surface area contributed by atoms with Crippen LogP contribution in [0.2, 0.25) is 0 Å². The molecule has 2 aromatic heterocycles. The summed E-state index contributed by atoms with van der Waals surface area (Å²) in [6, 6.07) is 20.7. The zero-order chi connectivity index (χ0) is 21.0. The van der Waals surface area contributed by atoms with E-state index in [2.05, 4.69) is 15.1 Å². The molecule has 7 nitrogen and oxygen atoms in total. The minimum absolute atomic E-state index is 0.101. The Kier molecular flexibility index (Phi) is 5.75. The van der Waals surface area contributed by atoms with E-state index in [0.717, 1.165) is 10.6 Å². The van der Waals surface area contributed by atoms with Gasteiger partial charge >= 0.3 is 0 Å². The quantitative estimate of drug-likeness (QED) is 0.460. The Bertz CT molecular complexity index is 1230. The lowest BCUT2D eigenvalue weighted by Gasteiger charge is -2.07. The predicted octanol–water partition coefficient (Wildman–Crippen LogP) is 3.66. The van der Waals surface area contributed by atoms with Gasteiger partial charge < -0.3 is 5.32 Å². The van der Waals surface area contributed by atoms with Gasteiger partial charge in [-0.05, 0) is 47.8 Å². The summed E-state index contributed by atoms with van der Waals surface area (Å²) in [4.78, 5) is 13.5. The van der Waals surface area contributed by atoms with Crippen molar-refractivity contribution >= 4 is 33.1 Å². The van der Waals surface area contributed by atoms with Gasteiger partial charge in [-0.25, -0.2) is 17.8 Å². The van der Waals surface area contributed by atoms with Crippen molar-refractivity contribution in [1.29, 1.82) is 0 Å². The van der Waals surface area contributed by atoms with Gasteiger partial charge in [0.2, 0.25) is 10.0 Å². The van der Waals surface area contributed by atoms with Crippen molar-refractivity contribution in [3.63, 3.8) is 0 Å². The van der Waals surface area contributed by atoms with Crippen molar-refractivity contribution in [2.75, 3.05) is 5.32 Å². The molecule has 0 aliphatic rings. The van der Waals surface area contributed by atoms with Gasteiger partial charge in [0.1, 0.15) is 0 Å². The first-order valence-corrected chi connectivity index (χ1v) is 11.4. The van der Waals surface area contributed by atoms with E-state index in [4.69, 9.17) is 0 Å². The van der Waals surface area contributed by atoms with Crippen LogP contribution in [0.5, 0.6) is 0 Å². The Labute approximate surface area is 178 Å². The Hall–Kier alpha value is -3.27. The third-order valence-corrected chi connectivity index (χ3v) is 6.59. The fourth-order valence-electron chi connectivity index (χ4n) is 2.75. The van der Waals surface area contributed by atoms with Crippen LogP contribution >= 0.6 is 11.3 Å². The number of para-hydroxylation sites is 1. The Morgan fingerprint density at radius 3 is 2.43 bits per heavy atom. The van der Waals surface area contributed by atoms with Crippen molar-refractivity contribution in [3.05, 3.63) is 94.8 Å². The van der Waals surface area contributed by atoms with E-state index in [9.17, 15) is 13.2 Å². The largest absolute Gasteiger partial charge is 0.305 e. The summed E-state index contributed by atoms with van der Waals surface area (Å²) < 4.78 is 29.0. The molecule has 30 heavy (non-hydrogen) atoms. The summed E-state index contributed by atoms with van der Waals surface area (Å²) in [5, 5.41) is 8.94. The molecule has 0 fully saturated rings. The van der Waals surface area contributed by atoms with Gasteiger partial charge in [0.25, 0.3) is 5.91 Å². The zero-order valence-corrected chi connectivity index (χ0v) is 17.4. The Balaban J connectivity index is 1.41. The topological polar surface area (TPSA) is 93.1 Å². The number of nitrogens with zero attached hydrogens (tertiary/aromatic N) is 2. The van der Waals surface area contributed by atoms with Crippen LogP contribution in [0.3, 0.4) is 0 Å². The standard InChI is InChI=1S/C21H18N4O3S2/c26-21(23-20-12-13-25(24-20)17-5-2-1-3-6-17)16-8-10-19(11-9-16)30(27,28)22-15-18-7-4-14-29-18/h1-14,22H,15H2,(H,23,24,26). The molecule has 0 aliphatic heterocycles. The molecule has 4 rings (SSSR count). The number of carbonyl (C=O) groups excluding carboxylic acids is 1. The smallest absolute Gasteiger partial charge is 0.256 e. The average Bonchev–Trinajstić information content (AvgIpc) is 3.45. The predicted molar refractivity (Wildman–Crippen MR) is 116 cm³/mol. The molecule has 0 bridgehead atoms. The minimum Gasteiger partial charge on any atom is -0.305 e. The van der Waals surface area contributed by atoms with Crippen molar-refractivity contribution in [1.82, 2.24) is 14.5 Å². The monoisotopic (exact) mass is 438 g/mol. The third kappa shape index (κ3) is 4.65. The first-order chi connectivity index (χ1) is 14.5. The minimum atomic E-state index is -3.66. The highest BCUT2D eigenvalue weighted by Gasteiger charge is 2.15. The van der Waals surface area contributed by atoms with Gasteiger partial charge in [0, 0.05) is 29.2 Å². The van der Waals surface area contributed by atoms with Crippen LogP contribution in [0.15, 0.2) is 89.3 Å². The van der Waals surface area contributed by atoms with E-state index < -0.39 is 10.0 Å². The number of thiophene rings is 1. The number of rotatable bonds is 7. The third-order valence-electron chi connectivity index (χ3n) is 4.29. The van der Waals surface area contributed by atoms with E-state index in [1.807, 2.05) is 47.8 Å². The number of hydrogen-bond donors (Lipinski definition) is 2. The van der Waals surface area contributed by atoms with E-state index in [1.165, 1.54) is 35.6 Å². The highest BCUT2D eigenvalue weighted by atomic mass is 32.2. The molecule has 2 heterocycles. The van der Waals surface area contributed by atoms with Crippen molar-refractivity contribution in [3.8, 4) is 5.69 Å². The van der Waals surface area contributed by atoms with Crippen LogP contribution < -0.4 is 10.0 Å². The summed E-state index contributed by atoms with van der Waals surface area (Å²) in [7, 11) is -3.66. The van der Waals surface area contributed by atoms with Crippen LogP contribution in [-0.4, -0.2) is 24.1 Å². The molecule has 4 aromatic rings. The first-order valence-electron chi connectivity index (χ1n) is 9.06. The summed E-state index contributed by atoms with van der Waals surface area (Å²) in [6.07, 6.45) is 1.75. The average molecular weight is 439 g/mol. The van der Waals surface area contributed by atoms with Crippen LogP contribution in [0.1, 0.15) is 15.2 Å². The SMILES string of the molecule is O=C(Nc1ccn(-c2ccccc2)n1)c1ccc(S(=O)(=O)NCc2cccs2)cc1. The van der Waals surface area contributed by atoms with Gasteiger partial charge in [-0.3, -0.25) is 4.79 Å². The maximum absolute atomic E-state index is 12.5. The van der Waals surface area contributed by atoms with E-state index in [-0.39, 0.29) is 17.3 Å². The lowest BCUT2D eigenvalue weighted by atomic mass is 10.2. The molecule has 2 aromatic carbocycles. The number of nitrogens with one attached hydrogen (secondary N) is 2. The summed E-state index contributed by atoms with van der Waals surface area (Å²) in [6.45, 7) is 0.228. The summed E-state index contributed by atoms with van der Waals surface area (Å²) in [5.74, 6) is 0.0296. The molecule has 0 saturated heterocycles. The van der Waals surface area contributed by atoms with Gasteiger partial charge in [-0.15, -0.1) is 11.3 Å². The number of amides is 1. The maximum Gasteiger partial charge on any atom is 0.256 e. The molecule has 0 radical (unpaired) electrons. The molecule has 9 heteroatoms. The molecule has 0 unspecified atom stereocenters. The normalized spacial score (nSPS) is 11.3. The fraction of sp³-hybridized carbons (Fsp3) is 0.0476. The second-order valence-electron chi connectivity index (χ2n) is 6.36. The number of carbonyl (C=O) groups is 1. The lowest BCUT2D eigenvalue weighted by molar-refractivity contribution is 0.102. The Morgan fingerprint density at radius 1 is 0.967 bits per heavy atom. The molecule has 0 spiro atoms. The fourth-order valence-corrected chi connectivity index (χ4v) is 4.49. The second kappa shape index (κ2) is 8.62. The van der Waals surface area contributed by atoms with Crippen LogP contribution in [0.25, 0.3) is 5.69 Å². The van der Waals surface area contributed by atoms with Crippen LogP contribution in [0.4, 0.5) is 5.82 Å². The van der Waals surface area contributed by atoms with Crippen molar-refractivity contribution in [2.45, 2.75) is 11.4 Å². The summed E-state index contributed by atoms with van der Waals surface area (Å²) >= 11 is 1.48. The van der Waals surface area contributed by atoms with Crippen molar-refractivity contribution in [2.24, 2.45) is 0 Å². The van der Waals surface area contributed by atoms with Gasteiger partial charge in [0.05, 0.1) is 10.6 Å². The number of hydrogen-bond acceptors (Lipinski definition) is 5. The van der Waals surface area contributed by atoms with E-state index >= 15 is 0 Å². The summed E-state index contributed by atoms with van der Waals surface area (Å²) in [5.41, 5.74) is 1.21.